The monoisotopic (exact) mass is 386 g/mol. The summed E-state index contributed by atoms with van der Waals surface area (Å²) in [6.07, 6.45) is 1.77. The van der Waals surface area contributed by atoms with Crippen LogP contribution in [0.1, 0.15) is 30.9 Å². The molecule has 0 radical (unpaired) electrons. The molecule has 2 aliphatic rings. The van der Waals surface area contributed by atoms with Crippen LogP contribution in [-0.2, 0) is 26.2 Å². The van der Waals surface area contributed by atoms with E-state index in [1.165, 1.54) is 0 Å². The molecule has 2 aromatic rings. The summed E-state index contributed by atoms with van der Waals surface area (Å²) in [6, 6.07) is 5.43. The van der Waals surface area contributed by atoms with Gasteiger partial charge in [0.25, 0.3) is 5.91 Å². The number of aryl methyl sites for hydroxylation is 1. The highest BCUT2D eigenvalue weighted by Gasteiger charge is 2.32. The van der Waals surface area contributed by atoms with Crippen LogP contribution in [0, 0.1) is 0 Å². The van der Waals surface area contributed by atoms with Crippen LogP contribution in [0.5, 0.6) is 5.75 Å². The van der Waals surface area contributed by atoms with E-state index in [4.69, 9.17) is 9.47 Å². The second kappa shape index (κ2) is 7.59. The third kappa shape index (κ3) is 3.57. The molecule has 148 valence electrons. The van der Waals surface area contributed by atoms with Gasteiger partial charge in [-0.15, -0.1) is 0 Å². The SMILES string of the molecule is Cn1nc(C2CCC(=O)NC2=O)c2cccc(OCC(=O)NC[C@@H]3CCO3)c21. The quantitative estimate of drug-likeness (QED) is 0.694. The zero-order valence-corrected chi connectivity index (χ0v) is 15.6. The van der Waals surface area contributed by atoms with E-state index in [1.807, 2.05) is 6.07 Å². The smallest absolute Gasteiger partial charge is 0.258 e. The summed E-state index contributed by atoms with van der Waals surface area (Å²) in [7, 11) is 1.76. The van der Waals surface area contributed by atoms with Crippen LogP contribution in [0.3, 0.4) is 0 Å². The zero-order chi connectivity index (χ0) is 19.7. The molecule has 2 aliphatic heterocycles. The molecule has 28 heavy (non-hydrogen) atoms. The molecule has 4 rings (SSSR count). The lowest BCUT2D eigenvalue weighted by molar-refractivity contribution is -0.134. The molecule has 2 N–H and O–H groups in total. The molecule has 2 saturated heterocycles. The maximum absolute atomic E-state index is 12.2. The van der Waals surface area contributed by atoms with Gasteiger partial charge in [-0.3, -0.25) is 24.4 Å². The third-order valence-corrected chi connectivity index (χ3v) is 5.10. The van der Waals surface area contributed by atoms with E-state index in [1.54, 1.807) is 23.9 Å². The molecule has 1 aromatic carbocycles. The second-order valence-electron chi connectivity index (χ2n) is 7.04. The Balaban J connectivity index is 1.50. The van der Waals surface area contributed by atoms with Gasteiger partial charge in [-0.05, 0) is 18.9 Å². The minimum Gasteiger partial charge on any atom is -0.482 e. The minimum absolute atomic E-state index is 0.0977. The van der Waals surface area contributed by atoms with Crippen LogP contribution < -0.4 is 15.4 Å². The van der Waals surface area contributed by atoms with Gasteiger partial charge < -0.3 is 14.8 Å². The number of piperidine rings is 1. The Kier molecular flexibility index (Phi) is 4.99. The van der Waals surface area contributed by atoms with Gasteiger partial charge in [-0.2, -0.15) is 5.10 Å². The Bertz CT molecular complexity index is 934. The Morgan fingerprint density at radius 1 is 1.39 bits per heavy atom. The van der Waals surface area contributed by atoms with E-state index in [-0.39, 0.29) is 36.9 Å². The van der Waals surface area contributed by atoms with Crippen molar-refractivity contribution in [2.75, 3.05) is 19.8 Å². The molecular formula is C19H22N4O5. The Morgan fingerprint density at radius 3 is 2.93 bits per heavy atom. The number of amides is 3. The van der Waals surface area contributed by atoms with E-state index >= 15 is 0 Å². The predicted octanol–water partition coefficient (Wildman–Crippen LogP) is 0.377. The summed E-state index contributed by atoms with van der Waals surface area (Å²) in [5, 5.41) is 10.4. The Hall–Kier alpha value is -2.94. The molecule has 1 unspecified atom stereocenters. The topological polar surface area (TPSA) is 112 Å². The number of nitrogens with one attached hydrogen (secondary N) is 2. The average molecular weight is 386 g/mol. The molecule has 9 heteroatoms. The highest BCUT2D eigenvalue weighted by atomic mass is 16.5. The number of ether oxygens (including phenoxy) is 2. The summed E-state index contributed by atoms with van der Waals surface area (Å²) >= 11 is 0. The highest BCUT2D eigenvalue weighted by molar-refractivity contribution is 6.03. The van der Waals surface area contributed by atoms with Crippen LogP contribution in [0.15, 0.2) is 18.2 Å². The number of hydrogen-bond acceptors (Lipinski definition) is 6. The summed E-state index contributed by atoms with van der Waals surface area (Å²) < 4.78 is 12.6. The number of aromatic nitrogens is 2. The van der Waals surface area contributed by atoms with Crippen LogP contribution in [0.4, 0.5) is 0 Å². The van der Waals surface area contributed by atoms with Crippen molar-refractivity contribution in [2.45, 2.75) is 31.3 Å². The second-order valence-corrected chi connectivity index (χ2v) is 7.04. The molecule has 2 atom stereocenters. The van der Waals surface area contributed by atoms with Crippen LogP contribution >= 0.6 is 0 Å². The Labute approximate surface area is 161 Å². The summed E-state index contributed by atoms with van der Waals surface area (Å²) in [6.45, 7) is 1.11. The van der Waals surface area contributed by atoms with Gasteiger partial charge in [0.05, 0.1) is 17.7 Å². The average Bonchev–Trinajstić information content (AvgIpc) is 2.96. The van der Waals surface area contributed by atoms with Crippen molar-refractivity contribution in [3.8, 4) is 5.75 Å². The summed E-state index contributed by atoms with van der Waals surface area (Å²) in [4.78, 5) is 35.7. The first-order chi connectivity index (χ1) is 13.5. The molecule has 9 nitrogen and oxygen atoms in total. The molecule has 0 aliphatic carbocycles. The number of nitrogens with zero attached hydrogens (tertiary/aromatic N) is 2. The zero-order valence-electron chi connectivity index (χ0n) is 15.6. The Morgan fingerprint density at radius 2 is 2.21 bits per heavy atom. The molecule has 0 bridgehead atoms. The standard InChI is InChI=1S/C19H22N4O5/c1-23-18-12(17(22-23)13-5-6-15(24)21-19(13)26)3-2-4-14(18)28-10-16(25)20-9-11-7-8-27-11/h2-4,11,13H,5-10H2,1H3,(H,20,25)(H,21,24,26)/t11-,13?/m0/s1. The van der Waals surface area contributed by atoms with E-state index in [0.29, 0.717) is 29.9 Å². The number of carbonyl (C=O) groups excluding carboxylic acids is 3. The number of hydrogen-bond donors (Lipinski definition) is 2. The maximum Gasteiger partial charge on any atom is 0.258 e. The van der Waals surface area contributed by atoms with E-state index < -0.39 is 5.92 Å². The van der Waals surface area contributed by atoms with E-state index in [0.717, 1.165) is 18.4 Å². The molecule has 1 aromatic heterocycles. The molecule has 3 amide bonds. The lowest BCUT2D eigenvalue weighted by Crippen LogP contribution is -2.41. The fourth-order valence-electron chi connectivity index (χ4n) is 3.52. The van der Waals surface area contributed by atoms with Crippen LogP contribution in [-0.4, -0.2) is 53.4 Å². The fraction of sp³-hybridized carbons (Fsp3) is 0.474. The first-order valence-corrected chi connectivity index (χ1v) is 9.33. The van der Waals surface area contributed by atoms with Gasteiger partial charge in [-0.25, -0.2) is 0 Å². The van der Waals surface area contributed by atoms with Gasteiger partial charge in [0.2, 0.25) is 11.8 Å². The van der Waals surface area contributed by atoms with Crippen molar-refractivity contribution in [2.24, 2.45) is 7.05 Å². The molecule has 0 saturated carbocycles. The molecule has 2 fully saturated rings. The number of imide groups is 1. The first-order valence-electron chi connectivity index (χ1n) is 9.33. The third-order valence-electron chi connectivity index (χ3n) is 5.10. The molecule has 3 heterocycles. The van der Waals surface area contributed by atoms with Gasteiger partial charge >= 0.3 is 0 Å². The van der Waals surface area contributed by atoms with E-state index in [2.05, 4.69) is 15.7 Å². The van der Waals surface area contributed by atoms with Crippen molar-refractivity contribution in [1.29, 1.82) is 0 Å². The fourth-order valence-corrected chi connectivity index (χ4v) is 3.52. The van der Waals surface area contributed by atoms with Gasteiger partial charge in [-0.1, -0.05) is 12.1 Å². The number of carbonyl (C=O) groups is 3. The van der Waals surface area contributed by atoms with Crippen molar-refractivity contribution in [3.05, 3.63) is 23.9 Å². The maximum atomic E-state index is 12.2. The van der Waals surface area contributed by atoms with Crippen molar-refractivity contribution < 1.29 is 23.9 Å². The number of para-hydroxylation sites is 1. The van der Waals surface area contributed by atoms with Crippen molar-refractivity contribution in [3.63, 3.8) is 0 Å². The van der Waals surface area contributed by atoms with Gasteiger partial charge in [0.1, 0.15) is 11.3 Å². The number of rotatable bonds is 6. The largest absolute Gasteiger partial charge is 0.482 e. The predicted molar refractivity (Wildman–Crippen MR) is 98.7 cm³/mol. The highest BCUT2D eigenvalue weighted by Crippen LogP contribution is 2.34. The van der Waals surface area contributed by atoms with Crippen molar-refractivity contribution >= 4 is 28.6 Å². The normalized spacial score (nSPS) is 21.9. The van der Waals surface area contributed by atoms with Crippen molar-refractivity contribution in [1.82, 2.24) is 20.4 Å². The van der Waals surface area contributed by atoms with Gasteiger partial charge in [0, 0.05) is 32.0 Å². The lowest BCUT2D eigenvalue weighted by atomic mass is 9.93. The van der Waals surface area contributed by atoms with Crippen LogP contribution in [0.25, 0.3) is 10.9 Å². The summed E-state index contributed by atoms with van der Waals surface area (Å²) in [5.74, 6) is -0.785. The summed E-state index contributed by atoms with van der Waals surface area (Å²) in [5.41, 5.74) is 1.32. The lowest BCUT2D eigenvalue weighted by Gasteiger charge is -2.26. The number of fused-ring (bicyclic) bond motifs is 1. The number of benzene rings is 1. The first kappa shape index (κ1) is 18.4. The van der Waals surface area contributed by atoms with Crippen LogP contribution in [0.2, 0.25) is 0 Å². The molecule has 0 spiro atoms. The molecular weight excluding hydrogens is 364 g/mol. The minimum atomic E-state index is -0.484. The van der Waals surface area contributed by atoms with Gasteiger partial charge in [0.15, 0.2) is 6.61 Å². The van der Waals surface area contributed by atoms with E-state index in [9.17, 15) is 14.4 Å².